The van der Waals surface area contributed by atoms with Crippen molar-refractivity contribution < 1.29 is 28.3 Å². The third-order valence-electron chi connectivity index (χ3n) is 3.97. The first-order valence-electron chi connectivity index (χ1n) is 8.71. The maximum atomic E-state index is 12.2. The molecule has 8 nitrogen and oxygen atoms in total. The SMILES string of the molecule is Cc1oc(-c2ccco2)nc1CC(=O)NCCc1ccc(OCC(=O)O)cc1. The van der Waals surface area contributed by atoms with Gasteiger partial charge in [-0.2, -0.15) is 0 Å². The van der Waals surface area contributed by atoms with Crippen LogP contribution in [0.25, 0.3) is 11.7 Å². The van der Waals surface area contributed by atoms with Gasteiger partial charge in [0.1, 0.15) is 11.5 Å². The van der Waals surface area contributed by atoms with E-state index >= 15 is 0 Å². The number of amides is 1. The molecule has 2 aromatic heterocycles. The molecule has 0 aliphatic rings. The zero-order valence-electron chi connectivity index (χ0n) is 15.3. The number of hydrogen-bond acceptors (Lipinski definition) is 6. The Hall–Kier alpha value is -3.55. The van der Waals surface area contributed by atoms with E-state index in [1.54, 1.807) is 31.2 Å². The van der Waals surface area contributed by atoms with E-state index < -0.39 is 5.97 Å². The summed E-state index contributed by atoms with van der Waals surface area (Å²) < 4.78 is 15.9. The first-order valence-corrected chi connectivity index (χ1v) is 8.71. The quantitative estimate of drug-likeness (QED) is 0.583. The average molecular weight is 384 g/mol. The maximum absolute atomic E-state index is 12.2. The number of furan rings is 1. The number of carbonyl (C=O) groups is 2. The molecule has 3 aromatic rings. The Morgan fingerprint density at radius 3 is 2.68 bits per heavy atom. The van der Waals surface area contributed by atoms with Gasteiger partial charge in [0.15, 0.2) is 12.4 Å². The van der Waals surface area contributed by atoms with Gasteiger partial charge in [0.2, 0.25) is 5.91 Å². The van der Waals surface area contributed by atoms with Gasteiger partial charge in [-0.15, -0.1) is 0 Å². The lowest BCUT2D eigenvalue weighted by atomic mass is 10.1. The van der Waals surface area contributed by atoms with E-state index in [0.717, 1.165) is 5.56 Å². The van der Waals surface area contributed by atoms with Crippen LogP contribution in [0.3, 0.4) is 0 Å². The number of benzene rings is 1. The summed E-state index contributed by atoms with van der Waals surface area (Å²) in [7, 11) is 0. The summed E-state index contributed by atoms with van der Waals surface area (Å²) >= 11 is 0. The molecular formula is C20H20N2O6. The van der Waals surface area contributed by atoms with Crippen molar-refractivity contribution in [2.45, 2.75) is 19.8 Å². The average Bonchev–Trinajstić information content (AvgIpc) is 3.31. The fraction of sp³-hybridized carbons (Fsp3) is 0.250. The van der Waals surface area contributed by atoms with Crippen molar-refractivity contribution >= 4 is 11.9 Å². The number of aromatic nitrogens is 1. The van der Waals surface area contributed by atoms with E-state index in [1.165, 1.54) is 6.26 Å². The molecule has 1 amide bonds. The molecule has 0 fully saturated rings. The van der Waals surface area contributed by atoms with Gasteiger partial charge in [-0.3, -0.25) is 4.79 Å². The third-order valence-corrected chi connectivity index (χ3v) is 3.97. The summed E-state index contributed by atoms with van der Waals surface area (Å²) in [6, 6.07) is 10.6. The molecule has 146 valence electrons. The number of carbonyl (C=O) groups excluding carboxylic acids is 1. The van der Waals surface area contributed by atoms with Crippen LogP contribution in [0.2, 0.25) is 0 Å². The Labute approximate surface area is 161 Å². The van der Waals surface area contributed by atoms with Crippen LogP contribution in [0.5, 0.6) is 5.75 Å². The zero-order chi connectivity index (χ0) is 19.9. The Balaban J connectivity index is 1.45. The van der Waals surface area contributed by atoms with Gasteiger partial charge >= 0.3 is 5.97 Å². The predicted octanol–water partition coefficient (Wildman–Crippen LogP) is 2.61. The van der Waals surface area contributed by atoms with E-state index in [0.29, 0.717) is 41.8 Å². The lowest BCUT2D eigenvalue weighted by Gasteiger charge is -2.06. The highest BCUT2D eigenvalue weighted by Gasteiger charge is 2.16. The van der Waals surface area contributed by atoms with E-state index in [2.05, 4.69) is 10.3 Å². The summed E-state index contributed by atoms with van der Waals surface area (Å²) in [5, 5.41) is 11.4. The second-order valence-corrected chi connectivity index (χ2v) is 6.10. The van der Waals surface area contributed by atoms with Crippen LogP contribution in [0.15, 0.2) is 51.5 Å². The number of carboxylic acids is 1. The van der Waals surface area contributed by atoms with E-state index in [-0.39, 0.29) is 18.9 Å². The molecule has 2 heterocycles. The molecule has 0 unspecified atom stereocenters. The topological polar surface area (TPSA) is 115 Å². The number of aliphatic carboxylic acids is 1. The number of carboxylic acid groups (broad SMARTS) is 1. The molecule has 0 aliphatic carbocycles. The molecule has 0 spiro atoms. The van der Waals surface area contributed by atoms with Crippen LogP contribution >= 0.6 is 0 Å². The van der Waals surface area contributed by atoms with Gasteiger partial charge < -0.3 is 24.0 Å². The molecule has 0 saturated carbocycles. The largest absolute Gasteiger partial charge is 0.482 e. The Kier molecular flexibility index (Phi) is 6.11. The molecule has 0 saturated heterocycles. The first-order chi connectivity index (χ1) is 13.5. The van der Waals surface area contributed by atoms with Crippen molar-refractivity contribution in [3.63, 3.8) is 0 Å². The fourth-order valence-corrected chi connectivity index (χ4v) is 2.56. The van der Waals surface area contributed by atoms with E-state index in [4.69, 9.17) is 18.7 Å². The van der Waals surface area contributed by atoms with Crippen molar-refractivity contribution in [1.82, 2.24) is 10.3 Å². The van der Waals surface area contributed by atoms with Crippen LogP contribution < -0.4 is 10.1 Å². The minimum absolute atomic E-state index is 0.123. The first kappa shape index (κ1) is 19.2. The number of nitrogens with zero attached hydrogens (tertiary/aromatic N) is 1. The summed E-state index contributed by atoms with van der Waals surface area (Å²) in [5.41, 5.74) is 1.57. The number of oxazole rings is 1. The molecule has 0 aliphatic heterocycles. The Morgan fingerprint density at radius 2 is 2.00 bits per heavy atom. The summed E-state index contributed by atoms with van der Waals surface area (Å²) in [4.78, 5) is 27.0. The normalized spacial score (nSPS) is 10.6. The lowest BCUT2D eigenvalue weighted by molar-refractivity contribution is -0.139. The fourth-order valence-electron chi connectivity index (χ4n) is 2.56. The predicted molar refractivity (Wildman–Crippen MR) is 98.9 cm³/mol. The molecule has 1 aromatic carbocycles. The van der Waals surface area contributed by atoms with Gasteiger partial charge in [0.05, 0.1) is 18.4 Å². The van der Waals surface area contributed by atoms with Crippen LogP contribution in [0, 0.1) is 6.92 Å². The molecule has 0 radical (unpaired) electrons. The minimum Gasteiger partial charge on any atom is -0.482 e. The standard InChI is InChI=1S/C20H20N2O6/c1-13-16(22-20(28-13)17-3-2-10-26-17)11-18(23)21-9-8-14-4-6-15(7-5-14)27-12-19(24)25/h2-7,10H,8-9,11-12H2,1H3,(H,21,23)(H,24,25). The van der Waals surface area contributed by atoms with Crippen LogP contribution in [-0.2, 0) is 22.4 Å². The highest BCUT2D eigenvalue weighted by atomic mass is 16.5. The highest BCUT2D eigenvalue weighted by Crippen LogP contribution is 2.22. The smallest absolute Gasteiger partial charge is 0.341 e. The Morgan fingerprint density at radius 1 is 1.21 bits per heavy atom. The number of ether oxygens (including phenoxy) is 1. The second-order valence-electron chi connectivity index (χ2n) is 6.10. The third kappa shape index (κ3) is 5.23. The molecule has 0 atom stereocenters. The van der Waals surface area contributed by atoms with Crippen molar-refractivity contribution in [1.29, 1.82) is 0 Å². The van der Waals surface area contributed by atoms with E-state index in [9.17, 15) is 9.59 Å². The van der Waals surface area contributed by atoms with E-state index in [1.807, 2.05) is 12.1 Å². The summed E-state index contributed by atoms with van der Waals surface area (Å²) in [6.07, 6.45) is 2.30. The van der Waals surface area contributed by atoms with Gasteiger partial charge in [0, 0.05) is 6.54 Å². The maximum Gasteiger partial charge on any atom is 0.341 e. The van der Waals surface area contributed by atoms with Crippen molar-refractivity contribution in [2.24, 2.45) is 0 Å². The van der Waals surface area contributed by atoms with Crippen molar-refractivity contribution in [2.75, 3.05) is 13.2 Å². The lowest BCUT2D eigenvalue weighted by Crippen LogP contribution is -2.27. The monoisotopic (exact) mass is 384 g/mol. The second kappa shape index (κ2) is 8.90. The molecular weight excluding hydrogens is 364 g/mol. The van der Waals surface area contributed by atoms with Gasteiger partial charge in [-0.05, 0) is 43.2 Å². The van der Waals surface area contributed by atoms with Crippen LogP contribution in [0.1, 0.15) is 17.0 Å². The number of aryl methyl sites for hydroxylation is 1. The highest BCUT2D eigenvalue weighted by molar-refractivity contribution is 5.78. The summed E-state index contributed by atoms with van der Waals surface area (Å²) in [6.45, 7) is 1.85. The van der Waals surface area contributed by atoms with Crippen molar-refractivity contribution in [3.05, 3.63) is 59.7 Å². The minimum atomic E-state index is -1.02. The Bertz CT molecular complexity index is 928. The van der Waals surface area contributed by atoms with Crippen LogP contribution in [-0.4, -0.2) is 35.1 Å². The van der Waals surface area contributed by atoms with Crippen LogP contribution in [0.4, 0.5) is 0 Å². The number of nitrogens with one attached hydrogen (secondary N) is 1. The van der Waals surface area contributed by atoms with Gasteiger partial charge in [0.25, 0.3) is 5.89 Å². The number of rotatable bonds is 9. The van der Waals surface area contributed by atoms with Gasteiger partial charge in [-0.1, -0.05) is 12.1 Å². The molecule has 8 heteroatoms. The molecule has 2 N–H and O–H groups in total. The summed E-state index contributed by atoms with van der Waals surface area (Å²) in [5.74, 6) is 0.776. The number of hydrogen-bond donors (Lipinski definition) is 2. The molecule has 3 rings (SSSR count). The molecule has 0 bridgehead atoms. The van der Waals surface area contributed by atoms with Crippen molar-refractivity contribution in [3.8, 4) is 17.4 Å². The van der Waals surface area contributed by atoms with Gasteiger partial charge in [-0.25, -0.2) is 9.78 Å². The molecule has 28 heavy (non-hydrogen) atoms. The zero-order valence-corrected chi connectivity index (χ0v) is 15.3.